The van der Waals surface area contributed by atoms with Crippen LogP contribution in [0.15, 0.2) is 66.9 Å². The second kappa shape index (κ2) is 6.05. The van der Waals surface area contributed by atoms with Gasteiger partial charge in [0.2, 0.25) is 0 Å². The van der Waals surface area contributed by atoms with Gasteiger partial charge in [0.25, 0.3) is 5.91 Å². The van der Waals surface area contributed by atoms with Gasteiger partial charge in [-0.25, -0.2) is 9.69 Å². The van der Waals surface area contributed by atoms with Gasteiger partial charge in [0.15, 0.2) is 5.82 Å². The van der Waals surface area contributed by atoms with E-state index in [-0.39, 0.29) is 11.9 Å². The number of carbonyl (C=O) groups is 2. The van der Waals surface area contributed by atoms with E-state index in [1.54, 1.807) is 16.9 Å². The summed E-state index contributed by atoms with van der Waals surface area (Å²) in [6.07, 6.45) is 3.16. The van der Waals surface area contributed by atoms with Crippen molar-refractivity contribution >= 4 is 17.8 Å². The minimum atomic E-state index is -0.970. The number of hydrogen-bond donors (Lipinski definition) is 1. The maximum Gasteiger partial charge on any atom is 0.331 e. The molecule has 2 unspecified atom stereocenters. The molecule has 0 bridgehead atoms. The lowest BCUT2D eigenvalue weighted by atomic mass is 9.92. The van der Waals surface area contributed by atoms with Crippen LogP contribution >= 0.6 is 0 Å². The third-order valence-electron chi connectivity index (χ3n) is 5.84. The van der Waals surface area contributed by atoms with Crippen molar-refractivity contribution in [1.82, 2.24) is 15.1 Å². The van der Waals surface area contributed by atoms with E-state index in [1.807, 2.05) is 61.5 Å². The Hall–Kier alpha value is -3.41. The van der Waals surface area contributed by atoms with Crippen LogP contribution in [0.3, 0.4) is 0 Å². The van der Waals surface area contributed by atoms with Gasteiger partial charge >= 0.3 is 6.03 Å². The number of rotatable bonds is 3. The lowest BCUT2D eigenvalue weighted by Gasteiger charge is -2.21. The maximum absolute atomic E-state index is 13.3. The first-order valence-corrected chi connectivity index (χ1v) is 9.45. The zero-order chi connectivity index (χ0) is 19.3. The molecule has 1 aliphatic carbocycles. The van der Waals surface area contributed by atoms with Crippen molar-refractivity contribution in [3.63, 3.8) is 0 Å². The van der Waals surface area contributed by atoms with E-state index in [2.05, 4.69) is 10.4 Å². The van der Waals surface area contributed by atoms with Crippen molar-refractivity contribution < 1.29 is 9.59 Å². The van der Waals surface area contributed by atoms with Crippen molar-refractivity contribution in [3.05, 3.63) is 83.6 Å². The molecule has 28 heavy (non-hydrogen) atoms. The molecule has 1 saturated heterocycles. The molecule has 5 rings (SSSR count). The van der Waals surface area contributed by atoms with Crippen molar-refractivity contribution in [2.24, 2.45) is 0 Å². The fraction of sp³-hybridized carbons (Fsp3) is 0.227. The van der Waals surface area contributed by atoms with Crippen LogP contribution in [0.2, 0.25) is 0 Å². The van der Waals surface area contributed by atoms with Crippen molar-refractivity contribution in [2.75, 3.05) is 4.90 Å². The Balaban J connectivity index is 1.48. The first kappa shape index (κ1) is 16.7. The Kier molecular flexibility index (Phi) is 3.62. The smallest absolute Gasteiger partial charge is 0.319 e. The van der Waals surface area contributed by atoms with Gasteiger partial charge in [-0.1, -0.05) is 54.6 Å². The number of aromatic nitrogens is 2. The highest BCUT2D eigenvalue weighted by atomic mass is 16.2. The molecule has 6 heteroatoms. The van der Waals surface area contributed by atoms with Crippen LogP contribution in [0.1, 0.15) is 36.1 Å². The molecule has 1 aliphatic heterocycles. The molecule has 140 valence electrons. The Morgan fingerprint density at radius 1 is 1.04 bits per heavy atom. The molecule has 1 N–H and O–H groups in total. The number of hydrogen-bond acceptors (Lipinski definition) is 3. The van der Waals surface area contributed by atoms with Crippen molar-refractivity contribution in [3.8, 4) is 0 Å². The van der Waals surface area contributed by atoms with Crippen LogP contribution in [0.25, 0.3) is 0 Å². The van der Waals surface area contributed by atoms with Crippen molar-refractivity contribution in [1.29, 1.82) is 0 Å². The Bertz CT molecular complexity index is 1070. The van der Waals surface area contributed by atoms with Gasteiger partial charge in [0.05, 0.1) is 6.04 Å². The molecule has 2 heterocycles. The van der Waals surface area contributed by atoms with Gasteiger partial charge in [-0.3, -0.25) is 9.48 Å². The average molecular weight is 372 g/mol. The normalized spacial score (nSPS) is 21.8. The van der Waals surface area contributed by atoms with Crippen LogP contribution in [0, 0.1) is 0 Å². The van der Waals surface area contributed by atoms with Crippen LogP contribution in [-0.4, -0.2) is 21.7 Å². The fourth-order valence-corrected chi connectivity index (χ4v) is 4.29. The van der Waals surface area contributed by atoms with Gasteiger partial charge in [0.1, 0.15) is 5.54 Å². The summed E-state index contributed by atoms with van der Waals surface area (Å²) >= 11 is 0. The predicted molar refractivity (Wildman–Crippen MR) is 105 cm³/mol. The number of aryl methyl sites for hydroxylation is 1. The number of fused-ring (bicyclic) bond motifs is 2. The summed E-state index contributed by atoms with van der Waals surface area (Å²) in [5.41, 5.74) is 2.15. The number of amides is 3. The second-order valence-electron chi connectivity index (χ2n) is 7.37. The van der Waals surface area contributed by atoms with Crippen LogP contribution < -0.4 is 10.2 Å². The van der Waals surface area contributed by atoms with Gasteiger partial charge in [-0.05, 0) is 36.5 Å². The zero-order valence-corrected chi connectivity index (χ0v) is 15.5. The molecule has 2 aromatic carbocycles. The zero-order valence-electron chi connectivity index (χ0n) is 15.5. The fourth-order valence-electron chi connectivity index (χ4n) is 4.29. The van der Waals surface area contributed by atoms with Gasteiger partial charge in [-0.2, -0.15) is 5.10 Å². The summed E-state index contributed by atoms with van der Waals surface area (Å²) in [6.45, 7) is 2.03. The third kappa shape index (κ3) is 2.30. The van der Waals surface area contributed by atoms with E-state index in [4.69, 9.17) is 0 Å². The largest absolute Gasteiger partial charge is 0.331 e. The predicted octanol–water partition coefficient (Wildman–Crippen LogP) is 3.39. The Labute approximate surface area is 162 Å². The van der Waals surface area contributed by atoms with Gasteiger partial charge in [0, 0.05) is 12.3 Å². The van der Waals surface area contributed by atoms with E-state index in [0.29, 0.717) is 12.2 Å². The molecule has 1 aromatic heterocycles. The summed E-state index contributed by atoms with van der Waals surface area (Å²) in [5.74, 6) is 0.103. The lowest BCUT2D eigenvalue weighted by Crippen LogP contribution is -2.42. The standard InChI is InChI=1S/C22H20N4O2/c1-15(16-7-3-2-4-8-16)25-14-12-19(24-25)26-20(27)22(23-21(26)28)13-11-17-9-5-6-10-18(17)22/h2-10,12,14-15H,11,13H2,1H3,(H,23,28). The van der Waals surface area contributed by atoms with Gasteiger partial charge in [-0.15, -0.1) is 0 Å². The number of anilines is 1. The van der Waals surface area contributed by atoms with Crippen LogP contribution in [0.4, 0.5) is 10.6 Å². The van der Waals surface area contributed by atoms with E-state index < -0.39 is 11.6 Å². The molecule has 3 aromatic rings. The maximum atomic E-state index is 13.3. The molecule has 2 atom stereocenters. The average Bonchev–Trinajstić information content (AvgIpc) is 3.40. The molecule has 3 amide bonds. The summed E-state index contributed by atoms with van der Waals surface area (Å²) in [4.78, 5) is 27.3. The molecule has 6 nitrogen and oxygen atoms in total. The Morgan fingerprint density at radius 3 is 2.61 bits per heavy atom. The molecule has 2 aliphatic rings. The van der Waals surface area contributed by atoms with Crippen LogP contribution in [0.5, 0.6) is 0 Å². The van der Waals surface area contributed by atoms with E-state index in [1.165, 1.54) is 4.90 Å². The lowest BCUT2D eigenvalue weighted by molar-refractivity contribution is -0.122. The molecular weight excluding hydrogens is 352 g/mol. The van der Waals surface area contributed by atoms with E-state index >= 15 is 0 Å². The first-order valence-electron chi connectivity index (χ1n) is 9.45. The first-order chi connectivity index (χ1) is 13.6. The molecular formula is C22H20N4O2. The number of carbonyl (C=O) groups excluding carboxylic acids is 2. The molecule has 0 radical (unpaired) electrons. The molecule has 1 spiro atoms. The highest BCUT2D eigenvalue weighted by molar-refractivity contribution is 6.23. The number of nitrogens with one attached hydrogen (secondary N) is 1. The SMILES string of the molecule is CC(c1ccccc1)n1ccc(N2C(=O)NC3(CCc4ccccc43)C2=O)n1. The minimum Gasteiger partial charge on any atom is -0.319 e. The summed E-state index contributed by atoms with van der Waals surface area (Å²) < 4.78 is 1.78. The number of urea groups is 1. The van der Waals surface area contributed by atoms with E-state index in [0.717, 1.165) is 23.1 Å². The number of imide groups is 1. The summed E-state index contributed by atoms with van der Waals surface area (Å²) in [6, 6.07) is 19.1. The van der Waals surface area contributed by atoms with Gasteiger partial charge < -0.3 is 5.32 Å². The minimum absolute atomic E-state index is 0.00289. The second-order valence-corrected chi connectivity index (χ2v) is 7.37. The summed E-state index contributed by atoms with van der Waals surface area (Å²) in [7, 11) is 0. The number of nitrogens with zero attached hydrogens (tertiary/aromatic N) is 3. The topological polar surface area (TPSA) is 67.2 Å². The molecule has 1 fully saturated rings. The van der Waals surface area contributed by atoms with Crippen molar-refractivity contribution in [2.45, 2.75) is 31.3 Å². The highest BCUT2D eigenvalue weighted by Gasteiger charge is 2.56. The van der Waals surface area contributed by atoms with Crippen LogP contribution in [-0.2, 0) is 16.8 Å². The molecule has 0 saturated carbocycles. The Morgan fingerprint density at radius 2 is 1.79 bits per heavy atom. The quantitative estimate of drug-likeness (QED) is 0.717. The van der Waals surface area contributed by atoms with E-state index in [9.17, 15) is 9.59 Å². The highest BCUT2D eigenvalue weighted by Crippen LogP contribution is 2.42. The summed E-state index contributed by atoms with van der Waals surface area (Å²) in [5, 5.41) is 7.48. The third-order valence-corrected chi connectivity index (χ3v) is 5.84. The monoisotopic (exact) mass is 372 g/mol. The number of benzene rings is 2.